The Morgan fingerprint density at radius 3 is 2.57 bits per heavy atom. The number of carbonyl (C=O) groups excluding carboxylic acids is 1. The first-order chi connectivity index (χ1) is 13.3. The van der Waals surface area contributed by atoms with Crippen molar-refractivity contribution in [1.29, 1.82) is 0 Å². The van der Waals surface area contributed by atoms with Gasteiger partial charge in [-0.3, -0.25) is 19.1 Å². The van der Waals surface area contributed by atoms with Gasteiger partial charge in [0.25, 0.3) is 11.5 Å². The van der Waals surface area contributed by atoms with Gasteiger partial charge in [0.2, 0.25) is 0 Å². The van der Waals surface area contributed by atoms with Crippen molar-refractivity contribution in [2.45, 2.75) is 6.54 Å². The van der Waals surface area contributed by atoms with E-state index in [0.29, 0.717) is 4.47 Å². The zero-order valence-electron chi connectivity index (χ0n) is 14.8. The van der Waals surface area contributed by atoms with Gasteiger partial charge in [-0.2, -0.15) is 0 Å². The van der Waals surface area contributed by atoms with E-state index in [2.05, 4.69) is 20.9 Å². The molecule has 0 aliphatic rings. The Kier molecular flexibility index (Phi) is 5.46. The van der Waals surface area contributed by atoms with Crippen LogP contribution in [0.5, 0.6) is 0 Å². The molecule has 0 atom stereocenters. The lowest BCUT2D eigenvalue weighted by Gasteiger charge is -2.20. The van der Waals surface area contributed by atoms with E-state index >= 15 is 0 Å². The second-order valence-corrected chi connectivity index (χ2v) is 6.97. The van der Waals surface area contributed by atoms with E-state index in [9.17, 15) is 18.8 Å². The SMILES string of the molecule is CN(C(=O)c1cc(Br)ccc1F)c1c(N)n(Cc2ccccc2)c(=O)[nH]c1=O. The van der Waals surface area contributed by atoms with E-state index in [1.54, 1.807) is 24.3 Å². The Hall–Kier alpha value is -3.20. The van der Waals surface area contributed by atoms with E-state index < -0.39 is 23.0 Å². The number of rotatable bonds is 4. The molecule has 3 aromatic rings. The minimum absolute atomic E-state index is 0.0998. The summed E-state index contributed by atoms with van der Waals surface area (Å²) in [5.41, 5.74) is 4.83. The van der Waals surface area contributed by atoms with Crippen molar-refractivity contribution in [2.24, 2.45) is 0 Å². The predicted molar refractivity (Wildman–Crippen MR) is 108 cm³/mol. The number of hydrogen-bond acceptors (Lipinski definition) is 4. The van der Waals surface area contributed by atoms with Gasteiger partial charge in [0.15, 0.2) is 5.69 Å². The van der Waals surface area contributed by atoms with Crippen LogP contribution < -0.4 is 21.9 Å². The maximum Gasteiger partial charge on any atom is 0.330 e. The number of nitrogens with two attached hydrogens (primary N) is 1. The topological polar surface area (TPSA) is 101 Å². The number of anilines is 2. The minimum atomic E-state index is -0.835. The summed E-state index contributed by atoms with van der Waals surface area (Å²) in [5.74, 6) is -1.71. The summed E-state index contributed by atoms with van der Waals surface area (Å²) in [5, 5.41) is 0. The number of carbonyl (C=O) groups is 1. The van der Waals surface area contributed by atoms with Crippen LogP contribution in [0.4, 0.5) is 15.9 Å². The summed E-state index contributed by atoms with van der Waals surface area (Å²) in [6, 6.07) is 12.9. The van der Waals surface area contributed by atoms with Gasteiger partial charge in [-0.15, -0.1) is 0 Å². The first-order valence-electron chi connectivity index (χ1n) is 8.19. The van der Waals surface area contributed by atoms with E-state index in [1.807, 2.05) is 6.07 Å². The monoisotopic (exact) mass is 446 g/mol. The van der Waals surface area contributed by atoms with Crippen LogP contribution in [0.1, 0.15) is 15.9 Å². The first kappa shape index (κ1) is 19.6. The largest absolute Gasteiger partial charge is 0.383 e. The van der Waals surface area contributed by atoms with Crippen LogP contribution in [0.2, 0.25) is 0 Å². The summed E-state index contributed by atoms with van der Waals surface area (Å²) in [4.78, 5) is 40.4. The van der Waals surface area contributed by atoms with Gasteiger partial charge in [0, 0.05) is 11.5 Å². The first-order valence-corrected chi connectivity index (χ1v) is 8.98. The average Bonchev–Trinajstić information content (AvgIpc) is 2.67. The zero-order valence-corrected chi connectivity index (χ0v) is 16.4. The second-order valence-electron chi connectivity index (χ2n) is 6.05. The van der Waals surface area contributed by atoms with Crippen LogP contribution in [0.25, 0.3) is 0 Å². The molecule has 1 aromatic heterocycles. The van der Waals surface area contributed by atoms with Gasteiger partial charge < -0.3 is 10.6 Å². The molecule has 0 aliphatic heterocycles. The van der Waals surface area contributed by atoms with Crippen LogP contribution in [-0.4, -0.2) is 22.5 Å². The number of aromatic nitrogens is 2. The lowest BCUT2D eigenvalue weighted by atomic mass is 10.2. The van der Waals surface area contributed by atoms with Crippen molar-refractivity contribution in [3.63, 3.8) is 0 Å². The van der Waals surface area contributed by atoms with Crippen molar-refractivity contribution in [3.8, 4) is 0 Å². The molecule has 0 radical (unpaired) electrons. The normalized spacial score (nSPS) is 10.7. The highest BCUT2D eigenvalue weighted by atomic mass is 79.9. The Bertz CT molecular complexity index is 1160. The van der Waals surface area contributed by atoms with Crippen LogP contribution >= 0.6 is 15.9 Å². The number of amides is 1. The van der Waals surface area contributed by atoms with Gasteiger partial charge in [0.05, 0.1) is 12.1 Å². The fraction of sp³-hybridized carbons (Fsp3) is 0.105. The number of aromatic amines is 1. The van der Waals surface area contributed by atoms with Gasteiger partial charge in [-0.05, 0) is 23.8 Å². The molecule has 3 rings (SSSR count). The van der Waals surface area contributed by atoms with Gasteiger partial charge >= 0.3 is 5.69 Å². The van der Waals surface area contributed by atoms with Crippen molar-refractivity contribution >= 4 is 33.3 Å². The number of nitrogens with one attached hydrogen (secondary N) is 1. The number of H-pyrrole nitrogens is 1. The molecule has 28 heavy (non-hydrogen) atoms. The Labute approximate surface area is 167 Å². The molecule has 1 amide bonds. The molecule has 0 unspecified atom stereocenters. The van der Waals surface area contributed by atoms with Crippen molar-refractivity contribution in [1.82, 2.24) is 9.55 Å². The fourth-order valence-corrected chi connectivity index (χ4v) is 3.13. The molecule has 9 heteroatoms. The molecular weight excluding hydrogens is 431 g/mol. The summed E-state index contributed by atoms with van der Waals surface area (Å²) in [6.07, 6.45) is 0. The molecule has 3 N–H and O–H groups in total. The molecule has 0 fully saturated rings. The minimum Gasteiger partial charge on any atom is -0.383 e. The molecule has 7 nitrogen and oxygen atoms in total. The molecule has 0 aliphatic carbocycles. The number of hydrogen-bond donors (Lipinski definition) is 2. The lowest BCUT2D eigenvalue weighted by Crippen LogP contribution is -2.39. The van der Waals surface area contributed by atoms with Crippen molar-refractivity contribution < 1.29 is 9.18 Å². The summed E-state index contributed by atoms with van der Waals surface area (Å²) >= 11 is 3.18. The maximum atomic E-state index is 14.1. The Morgan fingerprint density at radius 2 is 1.89 bits per heavy atom. The molecular formula is C19H16BrFN4O3. The second kappa shape index (κ2) is 7.81. The van der Waals surface area contributed by atoms with Crippen LogP contribution in [0.15, 0.2) is 62.6 Å². The van der Waals surface area contributed by atoms with Gasteiger partial charge in [0.1, 0.15) is 11.6 Å². The Balaban J connectivity index is 2.07. The standard InChI is InChI=1S/C19H16BrFN4O3/c1-24(18(27)13-9-12(20)7-8-14(13)21)15-16(22)25(19(28)23-17(15)26)10-11-5-3-2-4-6-11/h2-9H,10,22H2,1H3,(H,23,26,28). The van der Waals surface area contributed by atoms with Crippen molar-refractivity contribution in [3.05, 3.63) is 90.8 Å². The molecule has 0 bridgehead atoms. The van der Waals surface area contributed by atoms with E-state index in [-0.39, 0.29) is 23.6 Å². The third-order valence-electron chi connectivity index (χ3n) is 4.20. The average molecular weight is 447 g/mol. The highest BCUT2D eigenvalue weighted by Crippen LogP contribution is 2.22. The van der Waals surface area contributed by atoms with Gasteiger partial charge in [-0.1, -0.05) is 46.3 Å². The van der Waals surface area contributed by atoms with Crippen LogP contribution in [0.3, 0.4) is 0 Å². The number of nitrogen functional groups attached to an aromatic ring is 1. The molecule has 0 saturated heterocycles. The number of nitrogens with zero attached hydrogens (tertiary/aromatic N) is 2. The predicted octanol–water partition coefficient (Wildman–Crippen LogP) is 2.35. The molecule has 144 valence electrons. The molecule has 1 heterocycles. The quantitative estimate of drug-likeness (QED) is 0.641. The van der Waals surface area contributed by atoms with Crippen LogP contribution in [-0.2, 0) is 6.54 Å². The van der Waals surface area contributed by atoms with Crippen LogP contribution in [0, 0.1) is 5.82 Å². The summed E-state index contributed by atoms with van der Waals surface area (Å²) in [6.45, 7) is 0.0998. The summed E-state index contributed by atoms with van der Waals surface area (Å²) < 4.78 is 15.7. The maximum absolute atomic E-state index is 14.1. The van der Waals surface area contributed by atoms with E-state index in [1.165, 1.54) is 19.2 Å². The third kappa shape index (κ3) is 3.74. The fourth-order valence-electron chi connectivity index (χ4n) is 2.77. The molecule has 0 saturated carbocycles. The third-order valence-corrected chi connectivity index (χ3v) is 4.69. The zero-order chi connectivity index (χ0) is 20.4. The highest BCUT2D eigenvalue weighted by Gasteiger charge is 2.24. The summed E-state index contributed by atoms with van der Waals surface area (Å²) in [7, 11) is 1.29. The van der Waals surface area contributed by atoms with E-state index in [4.69, 9.17) is 5.73 Å². The number of benzene rings is 2. The molecule has 0 spiro atoms. The van der Waals surface area contributed by atoms with Crippen molar-refractivity contribution in [2.75, 3.05) is 17.7 Å². The molecule has 2 aromatic carbocycles. The smallest absolute Gasteiger partial charge is 0.330 e. The lowest BCUT2D eigenvalue weighted by molar-refractivity contribution is 0.0988. The highest BCUT2D eigenvalue weighted by molar-refractivity contribution is 9.10. The Morgan fingerprint density at radius 1 is 1.21 bits per heavy atom. The van der Waals surface area contributed by atoms with E-state index in [0.717, 1.165) is 21.1 Å². The van der Waals surface area contributed by atoms with Gasteiger partial charge in [-0.25, -0.2) is 9.18 Å². The number of halogens is 2.